The van der Waals surface area contributed by atoms with Gasteiger partial charge in [-0.2, -0.15) is 13.2 Å². The van der Waals surface area contributed by atoms with Crippen LogP contribution in [0.3, 0.4) is 0 Å². The smallest absolute Gasteiger partial charge is 0.475 e. The molecule has 3 atom stereocenters. The third kappa shape index (κ3) is 11.4. The second-order valence-electron chi connectivity index (χ2n) is 9.07. The number of piperidine rings is 2. The van der Waals surface area contributed by atoms with Gasteiger partial charge in [-0.3, -0.25) is 20.4 Å². The Morgan fingerprint density at radius 1 is 1.07 bits per heavy atom. The van der Waals surface area contributed by atoms with Gasteiger partial charge in [0.05, 0.1) is 19.7 Å². The zero-order valence-electron chi connectivity index (χ0n) is 21.8. The summed E-state index contributed by atoms with van der Waals surface area (Å²) in [5.41, 5.74) is 11.0. The molecule has 0 aromatic heterocycles. The number of nitrogens with one attached hydrogen (secondary N) is 5. The molecule has 0 saturated carbocycles. The van der Waals surface area contributed by atoms with E-state index in [1.165, 1.54) is 12.0 Å². The molecule has 3 amide bonds. The van der Waals surface area contributed by atoms with Crippen LogP contribution in [0.15, 0.2) is 0 Å². The zero-order chi connectivity index (χ0) is 30.6. The number of amides is 3. The quantitative estimate of drug-likeness (QED) is 0.120. The molecule has 0 bridgehead atoms. The van der Waals surface area contributed by atoms with Crippen molar-refractivity contribution in [2.45, 2.75) is 56.6 Å². The van der Waals surface area contributed by atoms with Gasteiger partial charge in [-0.1, -0.05) is 0 Å². The standard InChI is InChI=1S/C19H35N9O5.C2HF3O2/c1-33-19(32)26-13(9-11-4-7-27(8-5-11)17(20)21)15(30)24-10-14(29)25-12-3-2-6-28(16(12)31)18(22)23;3-2(4,5)1(6)7/h11-13,16,31H,2-10H2,1H3,(H3,20,21)(H3,22,23)(H,24,30)(H,25,29)(H,26,32);(H,6,7)/t12-,13+,16?;/m0./s1. The largest absolute Gasteiger partial charge is 0.490 e. The number of carbonyl (C=O) groups is 4. The van der Waals surface area contributed by atoms with Crippen molar-refractivity contribution >= 4 is 35.8 Å². The number of aliphatic carboxylic acids is 1. The van der Waals surface area contributed by atoms with Gasteiger partial charge in [0.25, 0.3) is 0 Å². The highest BCUT2D eigenvalue weighted by Crippen LogP contribution is 2.22. The van der Waals surface area contributed by atoms with Crippen LogP contribution in [0.2, 0.25) is 0 Å². The number of carboxylic acid groups (broad SMARTS) is 1. The highest BCUT2D eigenvalue weighted by Gasteiger charge is 2.38. The molecular formula is C21H36F3N9O7. The van der Waals surface area contributed by atoms with Crippen LogP contribution < -0.4 is 27.4 Å². The molecule has 11 N–H and O–H groups in total. The van der Waals surface area contributed by atoms with Gasteiger partial charge in [-0.05, 0) is 38.0 Å². The molecule has 2 fully saturated rings. The lowest BCUT2D eigenvalue weighted by Crippen LogP contribution is -2.59. The van der Waals surface area contributed by atoms with E-state index in [2.05, 4.69) is 20.7 Å². The average molecular weight is 584 g/mol. The second-order valence-corrected chi connectivity index (χ2v) is 9.07. The van der Waals surface area contributed by atoms with Crippen LogP contribution in [0.5, 0.6) is 0 Å². The van der Waals surface area contributed by atoms with Crippen molar-refractivity contribution in [1.82, 2.24) is 25.8 Å². The maximum Gasteiger partial charge on any atom is 0.490 e. The molecule has 228 valence electrons. The first-order valence-corrected chi connectivity index (χ1v) is 12.2. The molecule has 2 aliphatic rings. The number of carbonyl (C=O) groups excluding carboxylic acids is 3. The number of halogens is 3. The van der Waals surface area contributed by atoms with Gasteiger partial charge < -0.3 is 52.2 Å². The van der Waals surface area contributed by atoms with Crippen LogP contribution in [-0.4, -0.2) is 114 Å². The van der Waals surface area contributed by atoms with E-state index < -0.39 is 48.4 Å². The molecule has 2 heterocycles. The second kappa shape index (κ2) is 15.5. The SMILES string of the molecule is COC(=O)N[C@H](CC1CCN(C(=N)N)CC1)C(=O)NCC(=O)N[C@H]1CCCN(C(=N)N)C1O.O=C(O)C(F)(F)F. The Labute approximate surface area is 227 Å². The summed E-state index contributed by atoms with van der Waals surface area (Å²) in [4.78, 5) is 48.7. The molecule has 0 aliphatic carbocycles. The minimum absolute atomic E-state index is 0.0101. The number of alkyl carbamates (subject to hydrolysis) is 1. The third-order valence-corrected chi connectivity index (χ3v) is 6.23. The van der Waals surface area contributed by atoms with Gasteiger partial charge in [0.2, 0.25) is 11.8 Å². The maximum atomic E-state index is 12.7. The monoisotopic (exact) mass is 583 g/mol. The van der Waals surface area contributed by atoms with Crippen LogP contribution in [0.1, 0.15) is 32.1 Å². The first-order valence-electron chi connectivity index (χ1n) is 12.2. The van der Waals surface area contributed by atoms with Crippen molar-refractivity contribution in [3.8, 4) is 0 Å². The normalized spacial score (nSPS) is 20.2. The number of carboxylic acids is 1. The Morgan fingerprint density at radius 3 is 2.12 bits per heavy atom. The molecule has 2 rings (SSSR count). The maximum absolute atomic E-state index is 12.7. The molecule has 40 heavy (non-hydrogen) atoms. The third-order valence-electron chi connectivity index (χ3n) is 6.23. The number of hydrogen-bond donors (Lipinski definition) is 9. The first-order chi connectivity index (χ1) is 18.6. The molecule has 0 aromatic carbocycles. The van der Waals surface area contributed by atoms with Gasteiger partial charge in [0.15, 0.2) is 11.9 Å². The molecule has 0 radical (unpaired) electrons. The first kappa shape index (κ1) is 34.0. The van der Waals surface area contributed by atoms with E-state index >= 15 is 0 Å². The summed E-state index contributed by atoms with van der Waals surface area (Å²) in [5.74, 6) is -3.94. The number of aliphatic hydroxyl groups is 1. The summed E-state index contributed by atoms with van der Waals surface area (Å²) in [6.45, 7) is 1.27. The van der Waals surface area contributed by atoms with Crippen LogP contribution >= 0.6 is 0 Å². The molecule has 19 heteroatoms. The lowest BCUT2D eigenvalue weighted by Gasteiger charge is -2.38. The molecule has 0 spiro atoms. The minimum atomic E-state index is -5.08. The predicted molar refractivity (Wildman–Crippen MR) is 133 cm³/mol. The number of aliphatic hydroxyl groups excluding tert-OH is 1. The van der Waals surface area contributed by atoms with Gasteiger partial charge >= 0.3 is 18.2 Å². The Balaban J connectivity index is 0.00000101. The Bertz CT molecular complexity index is 930. The number of ether oxygens (including phenoxy) is 1. The van der Waals surface area contributed by atoms with E-state index in [9.17, 15) is 32.7 Å². The highest BCUT2D eigenvalue weighted by molar-refractivity contribution is 5.89. The number of alkyl halides is 3. The van der Waals surface area contributed by atoms with E-state index in [1.807, 2.05) is 0 Å². The number of nitrogens with two attached hydrogens (primary N) is 2. The Hall–Kier alpha value is -4.03. The average Bonchev–Trinajstić information content (AvgIpc) is 2.87. The van der Waals surface area contributed by atoms with Crippen LogP contribution in [0.25, 0.3) is 0 Å². The van der Waals surface area contributed by atoms with Crippen molar-refractivity contribution in [3.05, 3.63) is 0 Å². The predicted octanol–water partition coefficient (Wildman–Crippen LogP) is -1.75. The molecule has 1 unspecified atom stereocenters. The van der Waals surface area contributed by atoms with E-state index in [0.717, 1.165) is 0 Å². The number of guanidine groups is 2. The van der Waals surface area contributed by atoms with Gasteiger partial charge in [0.1, 0.15) is 12.3 Å². The van der Waals surface area contributed by atoms with Crippen molar-refractivity contribution in [2.24, 2.45) is 17.4 Å². The molecular weight excluding hydrogens is 547 g/mol. The zero-order valence-corrected chi connectivity index (χ0v) is 21.8. The van der Waals surface area contributed by atoms with E-state index in [1.54, 1.807) is 4.90 Å². The fourth-order valence-corrected chi connectivity index (χ4v) is 4.11. The molecule has 2 aliphatic heterocycles. The highest BCUT2D eigenvalue weighted by atomic mass is 19.4. The van der Waals surface area contributed by atoms with Crippen molar-refractivity contribution in [2.75, 3.05) is 33.3 Å². The molecule has 2 saturated heterocycles. The van der Waals surface area contributed by atoms with E-state index in [4.69, 9.17) is 32.2 Å². The van der Waals surface area contributed by atoms with Gasteiger partial charge in [-0.25, -0.2) is 9.59 Å². The van der Waals surface area contributed by atoms with Crippen LogP contribution in [0, 0.1) is 16.7 Å². The lowest BCUT2D eigenvalue weighted by molar-refractivity contribution is -0.192. The summed E-state index contributed by atoms with van der Waals surface area (Å²) in [6, 6.07) is -1.52. The molecule has 0 aromatic rings. The van der Waals surface area contributed by atoms with Gasteiger partial charge in [0, 0.05) is 19.6 Å². The summed E-state index contributed by atoms with van der Waals surface area (Å²) in [6.07, 6.45) is -4.04. The summed E-state index contributed by atoms with van der Waals surface area (Å²) < 4.78 is 36.3. The topological polar surface area (TPSA) is 260 Å². The fourth-order valence-electron chi connectivity index (χ4n) is 4.11. The van der Waals surface area contributed by atoms with E-state index in [-0.39, 0.29) is 24.4 Å². The number of methoxy groups -OCH3 is 1. The fraction of sp³-hybridized carbons (Fsp3) is 0.714. The Morgan fingerprint density at radius 2 is 1.65 bits per heavy atom. The van der Waals surface area contributed by atoms with Crippen molar-refractivity contribution in [3.63, 3.8) is 0 Å². The summed E-state index contributed by atoms with van der Waals surface area (Å²) in [5, 5.41) is 40.1. The van der Waals surface area contributed by atoms with E-state index in [0.29, 0.717) is 51.7 Å². The van der Waals surface area contributed by atoms with Crippen LogP contribution in [0.4, 0.5) is 18.0 Å². The lowest BCUT2D eigenvalue weighted by atomic mass is 9.90. The number of rotatable bonds is 7. The minimum Gasteiger partial charge on any atom is -0.475 e. The number of likely N-dealkylation sites (tertiary alicyclic amines) is 2. The van der Waals surface area contributed by atoms with Crippen molar-refractivity contribution < 1.29 is 47.3 Å². The number of hydrogen-bond acceptors (Lipinski definition) is 8. The van der Waals surface area contributed by atoms with Gasteiger partial charge in [-0.15, -0.1) is 0 Å². The summed E-state index contributed by atoms with van der Waals surface area (Å²) >= 11 is 0. The number of nitrogens with zero attached hydrogens (tertiary/aromatic N) is 2. The Kier molecular flexibility index (Phi) is 13.2. The molecule has 16 nitrogen and oxygen atoms in total. The summed E-state index contributed by atoms with van der Waals surface area (Å²) in [7, 11) is 1.20. The van der Waals surface area contributed by atoms with Crippen molar-refractivity contribution in [1.29, 1.82) is 10.8 Å². The van der Waals surface area contributed by atoms with Crippen LogP contribution in [-0.2, 0) is 19.1 Å².